The first kappa shape index (κ1) is 11.5. The smallest absolute Gasteiger partial charge is 0.253 e. The van der Waals surface area contributed by atoms with Crippen molar-refractivity contribution in [2.24, 2.45) is 0 Å². The highest BCUT2D eigenvalue weighted by Crippen LogP contribution is 2.11. The number of hydrogen-bond acceptors (Lipinski definition) is 3. The highest BCUT2D eigenvalue weighted by molar-refractivity contribution is 5.96. The van der Waals surface area contributed by atoms with Gasteiger partial charge in [0.2, 0.25) is 0 Å². The number of carbonyl (C=O) groups excluding carboxylic acids is 3. The fourth-order valence-corrected chi connectivity index (χ4v) is 1.85. The van der Waals surface area contributed by atoms with E-state index >= 15 is 0 Å². The van der Waals surface area contributed by atoms with E-state index in [-0.39, 0.29) is 11.7 Å². The summed E-state index contributed by atoms with van der Waals surface area (Å²) in [6.45, 7) is 0.986. The maximum absolute atomic E-state index is 12.0. The predicted molar refractivity (Wildman–Crippen MR) is 62.0 cm³/mol. The molecule has 4 heteroatoms. The van der Waals surface area contributed by atoms with Gasteiger partial charge in [0.05, 0.1) is 0 Å². The Morgan fingerprint density at radius 1 is 1.12 bits per heavy atom. The van der Waals surface area contributed by atoms with Gasteiger partial charge in [-0.05, 0) is 12.1 Å². The molecule has 1 heterocycles. The second kappa shape index (κ2) is 4.91. The number of aldehydes is 1. The molecule has 1 amide bonds. The zero-order chi connectivity index (χ0) is 12.3. The summed E-state index contributed by atoms with van der Waals surface area (Å²) in [6, 6.07) is 6.52. The van der Waals surface area contributed by atoms with Crippen molar-refractivity contribution in [3.8, 4) is 0 Å². The van der Waals surface area contributed by atoms with Crippen LogP contribution in [0.15, 0.2) is 24.3 Å². The van der Waals surface area contributed by atoms with Gasteiger partial charge in [0.1, 0.15) is 12.1 Å². The summed E-state index contributed by atoms with van der Waals surface area (Å²) in [6.07, 6.45) is 1.63. The quantitative estimate of drug-likeness (QED) is 0.721. The molecule has 1 aromatic carbocycles. The van der Waals surface area contributed by atoms with Crippen molar-refractivity contribution in [2.45, 2.75) is 12.8 Å². The summed E-state index contributed by atoms with van der Waals surface area (Å²) in [5, 5.41) is 0. The van der Waals surface area contributed by atoms with Crippen molar-refractivity contribution in [3.63, 3.8) is 0 Å². The van der Waals surface area contributed by atoms with E-state index in [0.29, 0.717) is 37.1 Å². The highest BCUT2D eigenvalue weighted by Gasteiger charge is 2.21. The molecule has 1 fully saturated rings. The third-order valence-electron chi connectivity index (χ3n) is 2.90. The molecular formula is C13H13NO3. The molecule has 1 saturated heterocycles. The Labute approximate surface area is 99.2 Å². The zero-order valence-corrected chi connectivity index (χ0v) is 9.39. The SMILES string of the molecule is O=Cc1ccc(C(=O)N2CCC(=O)CC2)cc1. The summed E-state index contributed by atoms with van der Waals surface area (Å²) >= 11 is 0. The summed E-state index contributed by atoms with van der Waals surface area (Å²) in [7, 11) is 0. The van der Waals surface area contributed by atoms with Crippen molar-refractivity contribution in [1.82, 2.24) is 4.90 Å². The van der Waals surface area contributed by atoms with E-state index in [1.807, 2.05) is 0 Å². The van der Waals surface area contributed by atoms with E-state index in [9.17, 15) is 14.4 Å². The Morgan fingerprint density at radius 2 is 1.71 bits per heavy atom. The van der Waals surface area contributed by atoms with Crippen molar-refractivity contribution in [3.05, 3.63) is 35.4 Å². The van der Waals surface area contributed by atoms with E-state index in [4.69, 9.17) is 0 Å². The van der Waals surface area contributed by atoms with Gasteiger partial charge in [-0.3, -0.25) is 14.4 Å². The monoisotopic (exact) mass is 231 g/mol. The van der Waals surface area contributed by atoms with Gasteiger partial charge in [0.15, 0.2) is 0 Å². The van der Waals surface area contributed by atoms with Gasteiger partial charge in [0.25, 0.3) is 5.91 Å². The first-order chi connectivity index (χ1) is 8.20. The van der Waals surface area contributed by atoms with Crippen LogP contribution in [0.5, 0.6) is 0 Å². The number of ketones is 1. The van der Waals surface area contributed by atoms with Gasteiger partial charge >= 0.3 is 0 Å². The first-order valence-electron chi connectivity index (χ1n) is 5.57. The first-order valence-corrected chi connectivity index (χ1v) is 5.57. The molecular weight excluding hydrogens is 218 g/mol. The number of likely N-dealkylation sites (tertiary alicyclic amines) is 1. The second-order valence-electron chi connectivity index (χ2n) is 4.07. The summed E-state index contributed by atoms with van der Waals surface area (Å²) in [5.41, 5.74) is 1.11. The topological polar surface area (TPSA) is 54.5 Å². The van der Waals surface area contributed by atoms with Gasteiger partial charge in [-0.15, -0.1) is 0 Å². The van der Waals surface area contributed by atoms with Crippen molar-refractivity contribution in [2.75, 3.05) is 13.1 Å². The minimum atomic E-state index is -0.0741. The Morgan fingerprint density at radius 3 is 2.24 bits per heavy atom. The van der Waals surface area contributed by atoms with Crippen LogP contribution in [0.4, 0.5) is 0 Å². The summed E-state index contributed by atoms with van der Waals surface area (Å²) in [5.74, 6) is 0.139. The fraction of sp³-hybridized carbons (Fsp3) is 0.308. The van der Waals surface area contributed by atoms with E-state index in [0.717, 1.165) is 6.29 Å². The largest absolute Gasteiger partial charge is 0.338 e. The molecule has 4 nitrogen and oxygen atoms in total. The Balaban J connectivity index is 2.08. The van der Waals surface area contributed by atoms with Gasteiger partial charge in [-0.2, -0.15) is 0 Å². The van der Waals surface area contributed by atoms with Crippen LogP contribution >= 0.6 is 0 Å². The van der Waals surface area contributed by atoms with Crippen LogP contribution in [0.1, 0.15) is 33.6 Å². The minimum absolute atomic E-state index is 0.0741. The zero-order valence-electron chi connectivity index (χ0n) is 9.39. The second-order valence-corrected chi connectivity index (χ2v) is 4.07. The summed E-state index contributed by atoms with van der Waals surface area (Å²) in [4.78, 5) is 35.3. The van der Waals surface area contributed by atoms with Crippen molar-refractivity contribution >= 4 is 18.0 Å². The summed E-state index contributed by atoms with van der Waals surface area (Å²) < 4.78 is 0. The van der Waals surface area contributed by atoms with Crippen LogP contribution < -0.4 is 0 Å². The third kappa shape index (κ3) is 2.58. The lowest BCUT2D eigenvalue weighted by molar-refractivity contribution is -0.120. The highest BCUT2D eigenvalue weighted by atomic mass is 16.2. The molecule has 0 spiro atoms. The van der Waals surface area contributed by atoms with E-state index < -0.39 is 0 Å². The van der Waals surface area contributed by atoms with E-state index in [2.05, 4.69) is 0 Å². The molecule has 0 unspecified atom stereocenters. The molecule has 0 aromatic heterocycles. The van der Waals surface area contributed by atoms with Crippen LogP contribution in [-0.4, -0.2) is 36.0 Å². The third-order valence-corrected chi connectivity index (χ3v) is 2.90. The number of Topliss-reactive ketones (excluding diaryl/α,β-unsaturated/α-hetero) is 1. The number of amides is 1. The maximum atomic E-state index is 12.0. The van der Waals surface area contributed by atoms with Gasteiger partial charge < -0.3 is 4.90 Å². The van der Waals surface area contributed by atoms with Gasteiger partial charge in [-0.25, -0.2) is 0 Å². The molecule has 0 bridgehead atoms. The van der Waals surface area contributed by atoms with Crippen molar-refractivity contribution in [1.29, 1.82) is 0 Å². The molecule has 1 aliphatic heterocycles. The molecule has 0 aliphatic carbocycles. The number of piperidine rings is 1. The maximum Gasteiger partial charge on any atom is 0.253 e. The lowest BCUT2D eigenvalue weighted by Crippen LogP contribution is -2.38. The number of rotatable bonds is 2. The van der Waals surface area contributed by atoms with Crippen LogP contribution in [0.25, 0.3) is 0 Å². The molecule has 1 aromatic rings. The van der Waals surface area contributed by atoms with Crippen molar-refractivity contribution < 1.29 is 14.4 Å². The Bertz CT molecular complexity index is 440. The molecule has 0 atom stereocenters. The molecule has 0 saturated carbocycles. The molecule has 17 heavy (non-hydrogen) atoms. The Kier molecular flexibility index (Phi) is 3.32. The van der Waals surface area contributed by atoms with Gasteiger partial charge in [-0.1, -0.05) is 12.1 Å². The lowest BCUT2D eigenvalue weighted by Gasteiger charge is -2.26. The number of nitrogens with zero attached hydrogens (tertiary/aromatic N) is 1. The van der Waals surface area contributed by atoms with Crippen LogP contribution in [0.2, 0.25) is 0 Å². The van der Waals surface area contributed by atoms with Crippen LogP contribution in [-0.2, 0) is 4.79 Å². The number of benzene rings is 1. The number of carbonyl (C=O) groups is 3. The Hall–Kier alpha value is -1.97. The fourth-order valence-electron chi connectivity index (χ4n) is 1.85. The number of hydrogen-bond donors (Lipinski definition) is 0. The predicted octanol–water partition coefficient (Wildman–Crippen LogP) is 1.30. The van der Waals surface area contributed by atoms with Gasteiger partial charge in [0, 0.05) is 37.1 Å². The average molecular weight is 231 g/mol. The van der Waals surface area contributed by atoms with Crippen LogP contribution in [0, 0.1) is 0 Å². The van der Waals surface area contributed by atoms with E-state index in [1.165, 1.54) is 0 Å². The molecule has 2 rings (SSSR count). The van der Waals surface area contributed by atoms with E-state index in [1.54, 1.807) is 29.2 Å². The standard InChI is InChI=1S/C13H13NO3/c15-9-10-1-3-11(4-2-10)13(17)14-7-5-12(16)6-8-14/h1-4,9H,5-8H2. The molecule has 1 aliphatic rings. The lowest BCUT2D eigenvalue weighted by atomic mass is 10.1. The minimum Gasteiger partial charge on any atom is -0.338 e. The molecule has 0 N–H and O–H groups in total. The average Bonchev–Trinajstić information content (AvgIpc) is 2.39. The normalized spacial score (nSPS) is 15.8. The molecule has 0 radical (unpaired) electrons. The molecule has 88 valence electrons. The van der Waals surface area contributed by atoms with Crippen LogP contribution in [0.3, 0.4) is 0 Å².